The molecule has 0 aliphatic heterocycles. The van der Waals surface area contributed by atoms with Gasteiger partial charge in [-0.3, -0.25) is 0 Å². The first-order valence-electron chi connectivity index (χ1n) is 6.75. The number of benzene rings is 1. The minimum absolute atomic E-state index is 1.15. The third-order valence-electron chi connectivity index (χ3n) is 3.18. The van der Waals surface area contributed by atoms with Gasteiger partial charge in [0.1, 0.15) is 0 Å². The minimum Gasteiger partial charge on any atom is -0.0998 e. The highest BCUT2D eigenvalue weighted by Crippen LogP contribution is 2.20. The smallest absolute Gasteiger partial charge is 0.0841 e. The second kappa shape index (κ2) is 7.75. The number of hydrogen-bond donors (Lipinski definition) is 0. The molecule has 100 valence electrons. The molecule has 19 heavy (non-hydrogen) atoms. The average molecular weight is 268 g/mol. The van der Waals surface area contributed by atoms with E-state index in [4.69, 9.17) is 0 Å². The second-order valence-electron chi connectivity index (χ2n) is 5.34. The van der Waals surface area contributed by atoms with E-state index in [-0.39, 0.29) is 0 Å². The van der Waals surface area contributed by atoms with E-state index in [2.05, 4.69) is 68.2 Å². The fraction of sp³-hybridized carbons (Fsp3) is 0.222. The summed E-state index contributed by atoms with van der Waals surface area (Å²) >= 11 is 0. The van der Waals surface area contributed by atoms with Gasteiger partial charge in [-0.2, -0.15) is 0 Å². The van der Waals surface area contributed by atoms with E-state index in [0.717, 1.165) is 6.04 Å². The van der Waals surface area contributed by atoms with Crippen LogP contribution in [0.1, 0.15) is 12.5 Å². The van der Waals surface area contributed by atoms with Crippen molar-refractivity contribution in [1.29, 1.82) is 0 Å². The van der Waals surface area contributed by atoms with Gasteiger partial charge >= 0.3 is 0 Å². The molecule has 0 saturated carbocycles. The summed E-state index contributed by atoms with van der Waals surface area (Å²) in [6, 6.07) is 11.8. The van der Waals surface area contributed by atoms with Crippen LogP contribution in [0.5, 0.6) is 0 Å². The highest BCUT2D eigenvalue weighted by molar-refractivity contribution is 6.84. The highest BCUT2D eigenvalue weighted by atomic mass is 28.3. The van der Waals surface area contributed by atoms with E-state index in [1.54, 1.807) is 0 Å². The highest BCUT2D eigenvalue weighted by Gasteiger charge is 2.22. The van der Waals surface area contributed by atoms with Gasteiger partial charge in [0.25, 0.3) is 0 Å². The van der Waals surface area contributed by atoms with E-state index < -0.39 is 8.07 Å². The normalized spacial score (nSPS) is 12.8. The standard InChI is InChI=1S/C18H24Si/c1-5-6-7-8-10-13-17(2)19(3,4)16-18-14-11-9-12-15-18/h5-15H,2,16H2,1,3-4H3/b6-5+,8-7+,13-10-. The van der Waals surface area contributed by atoms with Crippen molar-refractivity contribution in [1.82, 2.24) is 0 Å². The zero-order chi connectivity index (χ0) is 14.1. The molecule has 0 atom stereocenters. The number of rotatable bonds is 6. The van der Waals surface area contributed by atoms with Crippen molar-refractivity contribution in [2.24, 2.45) is 0 Å². The summed E-state index contributed by atoms with van der Waals surface area (Å²) in [6.45, 7) is 11.0. The maximum Gasteiger partial charge on any atom is 0.0841 e. The summed E-state index contributed by atoms with van der Waals surface area (Å²) in [5, 5.41) is 1.29. The summed E-state index contributed by atoms with van der Waals surface area (Å²) in [7, 11) is -1.45. The van der Waals surface area contributed by atoms with E-state index in [0.29, 0.717) is 0 Å². The van der Waals surface area contributed by atoms with Crippen LogP contribution in [0.3, 0.4) is 0 Å². The molecule has 1 heteroatoms. The lowest BCUT2D eigenvalue weighted by atomic mass is 10.2. The predicted molar refractivity (Wildman–Crippen MR) is 89.9 cm³/mol. The van der Waals surface area contributed by atoms with Gasteiger partial charge in [0.15, 0.2) is 0 Å². The zero-order valence-electron chi connectivity index (χ0n) is 12.3. The third-order valence-corrected chi connectivity index (χ3v) is 6.38. The first-order valence-corrected chi connectivity index (χ1v) is 9.96. The zero-order valence-corrected chi connectivity index (χ0v) is 13.3. The average Bonchev–Trinajstić information content (AvgIpc) is 2.39. The first-order chi connectivity index (χ1) is 9.06. The molecule has 0 aliphatic carbocycles. The van der Waals surface area contributed by atoms with Crippen molar-refractivity contribution in [3.05, 3.63) is 84.1 Å². The molecule has 0 heterocycles. The molecule has 0 nitrogen and oxygen atoms in total. The molecule has 0 amide bonds. The largest absolute Gasteiger partial charge is 0.0998 e. The van der Waals surface area contributed by atoms with Gasteiger partial charge in [0, 0.05) is 0 Å². The molecule has 0 N–H and O–H groups in total. The fourth-order valence-electron chi connectivity index (χ4n) is 1.86. The maximum atomic E-state index is 4.26. The van der Waals surface area contributed by atoms with E-state index in [1.807, 2.05) is 25.2 Å². The Morgan fingerprint density at radius 2 is 1.68 bits per heavy atom. The Kier molecular flexibility index (Phi) is 6.30. The molecule has 0 bridgehead atoms. The van der Waals surface area contributed by atoms with Crippen molar-refractivity contribution in [2.75, 3.05) is 0 Å². The lowest BCUT2D eigenvalue weighted by Gasteiger charge is -2.23. The lowest BCUT2D eigenvalue weighted by molar-refractivity contribution is 1.31. The summed E-state index contributed by atoms with van der Waals surface area (Å²) in [5.41, 5.74) is 1.41. The van der Waals surface area contributed by atoms with Crippen molar-refractivity contribution in [3.63, 3.8) is 0 Å². The van der Waals surface area contributed by atoms with Crippen LogP contribution in [0, 0.1) is 0 Å². The first kappa shape index (κ1) is 15.5. The fourth-order valence-corrected chi connectivity index (χ4v) is 3.89. The molecule has 0 aliphatic rings. The molecule has 0 fully saturated rings. The van der Waals surface area contributed by atoms with Gasteiger partial charge in [0.2, 0.25) is 0 Å². The Hall–Kier alpha value is -1.60. The Bertz CT molecular complexity index is 476. The van der Waals surface area contributed by atoms with Gasteiger partial charge in [-0.1, -0.05) is 97.2 Å². The second-order valence-corrected chi connectivity index (χ2v) is 10.1. The number of allylic oxidation sites excluding steroid dienone is 7. The maximum absolute atomic E-state index is 4.26. The van der Waals surface area contributed by atoms with Crippen LogP contribution >= 0.6 is 0 Å². The van der Waals surface area contributed by atoms with Crippen molar-refractivity contribution >= 4 is 8.07 Å². The molecule has 1 rings (SSSR count). The van der Waals surface area contributed by atoms with Gasteiger partial charge < -0.3 is 0 Å². The lowest BCUT2D eigenvalue weighted by Crippen LogP contribution is -2.31. The molecular weight excluding hydrogens is 244 g/mol. The van der Waals surface area contributed by atoms with E-state index >= 15 is 0 Å². The van der Waals surface area contributed by atoms with E-state index in [9.17, 15) is 0 Å². The summed E-state index contributed by atoms with van der Waals surface area (Å²) < 4.78 is 0. The van der Waals surface area contributed by atoms with Crippen LogP contribution in [-0.2, 0) is 6.04 Å². The van der Waals surface area contributed by atoms with Crippen molar-refractivity contribution in [2.45, 2.75) is 26.1 Å². The molecule has 0 saturated heterocycles. The van der Waals surface area contributed by atoms with Crippen LogP contribution in [-0.4, -0.2) is 8.07 Å². The summed E-state index contributed by atoms with van der Waals surface area (Å²) in [6.07, 6.45) is 12.4. The Morgan fingerprint density at radius 1 is 1.05 bits per heavy atom. The van der Waals surface area contributed by atoms with Crippen molar-refractivity contribution in [3.8, 4) is 0 Å². The molecule has 1 aromatic rings. The van der Waals surface area contributed by atoms with Crippen LogP contribution in [0.4, 0.5) is 0 Å². The molecule has 0 aromatic heterocycles. The molecular formula is C18H24Si. The van der Waals surface area contributed by atoms with Crippen LogP contribution in [0.2, 0.25) is 13.1 Å². The number of hydrogen-bond acceptors (Lipinski definition) is 0. The van der Waals surface area contributed by atoms with Gasteiger partial charge in [-0.05, 0) is 13.0 Å². The Morgan fingerprint density at radius 3 is 2.32 bits per heavy atom. The SMILES string of the molecule is C=C(\C=C/C=C/C=C/C)[Si](C)(C)Cc1ccccc1. The summed E-state index contributed by atoms with van der Waals surface area (Å²) in [5.74, 6) is 0. The van der Waals surface area contributed by atoms with Gasteiger partial charge in [-0.25, -0.2) is 0 Å². The van der Waals surface area contributed by atoms with Gasteiger partial charge in [-0.15, -0.1) is 0 Å². The molecule has 1 aromatic carbocycles. The van der Waals surface area contributed by atoms with Crippen LogP contribution < -0.4 is 0 Å². The van der Waals surface area contributed by atoms with Crippen molar-refractivity contribution < 1.29 is 0 Å². The quantitative estimate of drug-likeness (QED) is 0.487. The predicted octanol–water partition coefficient (Wildman–Crippen LogP) is 5.26. The molecule has 0 spiro atoms. The van der Waals surface area contributed by atoms with Gasteiger partial charge in [0.05, 0.1) is 8.07 Å². The molecule has 0 radical (unpaired) electrons. The minimum atomic E-state index is -1.45. The Labute approximate surface area is 118 Å². The topological polar surface area (TPSA) is 0 Å². The summed E-state index contributed by atoms with van der Waals surface area (Å²) in [4.78, 5) is 0. The molecule has 0 unspecified atom stereocenters. The van der Waals surface area contributed by atoms with E-state index in [1.165, 1.54) is 10.8 Å². The van der Waals surface area contributed by atoms with Crippen LogP contribution in [0.15, 0.2) is 78.6 Å². The third kappa shape index (κ3) is 5.71. The monoisotopic (exact) mass is 268 g/mol. The van der Waals surface area contributed by atoms with Crippen LogP contribution in [0.25, 0.3) is 0 Å². The Balaban J connectivity index is 2.64.